The lowest BCUT2D eigenvalue weighted by Crippen LogP contribution is -2.31. The quantitative estimate of drug-likeness (QED) is 0.253. The lowest BCUT2D eigenvalue weighted by molar-refractivity contribution is -0.135. The predicted molar refractivity (Wildman–Crippen MR) is 137 cm³/mol. The Morgan fingerprint density at radius 3 is 2.08 bits per heavy atom. The molecule has 11 nitrogen and oxygen atoms in total. The maximum absolute atomic E-state index is 12.6. The number of carbonyl (C=O) groups excluding carboxylic acids is 3. The molecule has 0 aliphatic carbocycles. The first-order valence-corrected chi connectivity index (χ1v) is 13.1. The first kappa shape index (κ1) is 28.0. The number of sulfonamides is 1. The third kappa shape index (κ3) is 8.23. The summed E-state index contributed by atoms with van der Waals surface area (Å²) in [7, 11) is -4.25. The second-order valence-corrected chi connectivity index (χ2v) is 9.85. The summed E-state index contributed by atoms with van der Waals surface area (Å²) < 4.78 is 27.1. The number of benzene rings is 2. The molecule has 1 heterocycles. The summed E-state index contributed by atoms with van der Waals surface area (Å²) in [6.45, 7) is -0.119. The van der Waals surface area contributed by atoms with E-state index in [4.69, 9.17) is 5.11 Å². The molecule has 3 aromatic rings. The number of unbranched alkanes of at least 4 members (excludes halogenated alkanes) is 1. The molecule has 1 aromatic heterocycles. The fourth-order valence-corrected chi connectivity index (χ4v) is 4.31. The van der Waals surface area contributed by atoms with Gasteiger partial charge in [-0.05, 0) is 61.2 Å². The largest absolute Gasteiger partial charge is 0.480 e. The van der Waals surface area contributed by atoms with Gasteiger partial charge in [0.25, 0.3) is 27.7 Å². The van der Waals surface area contributed by atoms with E-state index in [0.717, 1.165) is 31.5 Å². The van der Waals surface area contributed by atoms with Crippen LogP contribution in [0.15, 0.2) is 77.8 Å². The van der Waals surface area contributed by atoms with Crippen molar-refractivity contribution in [3.63, 3.8) is 0 Å². The lowest BCUT2D eigenvalue weighted by atomic mass is 10.1. The predicted octanol–water partition coefficient (Wildman–Crippen LogP) is 1.77. The van der Waals surface area contributed by atoms with Crippen molar-refractivity contribution in [2.45, 2.75) is 24.2 Å². The molecule has 0 bridgehead atoms. The number of rotatable bonds is 12. The highest BCUT2D eigenvalue weighted by Gasteiger charge is 2.20. The van der Waals surface area contributed by atoms with Crippen LogP contribution in [-0.2, 0) is 21.2 Å². The number of pyridine rings is 1. The van der Waals surface area contributed by atoms with Gasteiger partial charge >= 0.3 is 5.97 Å². The number of aliphatic carboxylic acids is 1. The average Bonchev–Trinajstić information content (AvgIpc) is 2.92. The third-order valence-corrected chi connectivity index (χ3v) is 6.68. The molecule has 0 aliphatic rings. The minimum Gasteiger partial charge on any atom is -0.480 e. The summed E-state index contributed by atoms with van der Waals surface area (Å²) in [4.78, 5) is 50.6. The van der Waals surface area contributed by atoms with Crippen molar-refractivity contribution < 1.29 is 32.7 Å². The van der Waals surface area contributed by atoms with Crippen molar-refractivity contribution in [2.24, 2.45) is 0 Å². The molecule has 0 saturated carbocycles. The fourth-order valence-electron chi connectivity index (χ4n) is 3.34. The van der Waals surface area contributed by atoms with E-state index in [2.05, 4.69) is 27.8 Å². The summed E-state index contributed by atoms with van der Waals surface area (Å²) >= 11 is 0. The van der Waals surface area contributed by atoms with Gasteiger partial charge in [0.1, 0.15) is 12.2 Å². The molecular weight excluding hydrogens is 512 g/mol. The molecular formula is C26H26N4O7S. The van der Waals surface area contributed by atoms with Crippen LogP contribution in [0, 0.1) is 0 Å². The topological polar surface area (TPSA) is 172 Å². The zero-order chi connectivity index (χ0) is 27.5. The molecule has 0 aliphatic heterocycles. The van der Waals surface area contributed by atoms with Crippen LogP contribution in [0.4, 0.5) is 0 Å². The zero-order valence-corrected chi connectivity index (χ0v) is 21.0. The van der Waals surface area contributed by atoms with E-state index < -0.39 is 34.4 Å². The lowest BCUT2D eigenvalue weighted by Gasteiger charge is -2.09. The number of nitrogens with one attached hydrogen (secondary N) is 3. The molecule has 198 valence electrons. The molecule has 0 unspecified atom stereocenters. The van der Waals surface area contributed by atoms with E-state index in [9.17, 15) is 27.6 Å². The van der Waals surface area contributed by atoms with Gasteiger partial charge in [-0.3, -0.25) is 24.2 Å². The smallest absolute Gasteiger partial charge is 0.322 e. The summed E-state index contributed by atoms with van der Waals surface area (Å²) in [5.74, 6) is -3.31. The second-order valence-electron chi connectivity index (χ2n) is 8.17. The standard InChI is InChI=1S/C26H26N4O7S/c31-23(32)17-29-26(35)22-14-11-20(16-28-22)25(34)30-38(36,37)21-12-9-19(10-13-21)24(33)27-15-5-4-8-18-6-2-1-3-7-18/h1-3,6-7,9-14,16H,4-5,8,15,17H2,(H,27,33)(H,29,35)(H,30,34)(H,31,32). The van der Waals surface area contributed by atoms with Crippen molar-refractivity contribution in [1.82, 2.24) is 20.3 Å². The number of amides is 3. The first-order chi connectivity index (χ1) is 18.2. The first-order valence-electron chi connectivity index (χ1n) is 11.6. The Balaban J connectivity index is 1.50. The van der Waals surface area contributed by atoms with Gasteiger partial charge in [-0.2, -0.15) is 0 Å². The summed E-state index contributed by atoms with van der Waals surface area (Å²) in [5.41, 5.74) is 1.23. The van der Waals surface area contributed by atoms with Crippen LogP contribution in [0.25, 0.3) is 0 Å². The van der Waals surface area contributed by atoms with Gasteiger partial charge in [0, 0.05) is 18.3 Å². The highest BCUT2D eigenvalue weighted by molar-refractivity contribution is 7.90. The number of carboxylic acids is 1. The number of hydrogen-bond acceptors (Lipinski definition) is 7. The van der Waals surface area contributed by atoms with Crippen LogP contribution >= 0.6 is 0 Å². The second kappa shape index (κ2) is 13.1. The number of nitrogens with zero attached hydrogens (tertiary/aromatic N) is 1. The highest BCUT2D eigenvalue weighted by Crippen LogP contribution is 2.12. The minimum atomic E-state index is -4.25. The Hall–Kier alpha value is -4.58. The van der Waals surface area contributed by atoms with E-state index in [1.165, 1.54) is 35.9 Å². The molecule has 0 spiro atoms. The van der Waals surface area contributed by atoms with Crippen molar-refractivity contribution in [1.29, 1.82) is 0 Å². The van der Waals surface area contributed by atoms with Crippen molar-refractivity contribution >= 4 is 33.7 Å². The fraction of sp³-hybridized carbons (Fsp3) is 0.192. The SMILES string of the molecule is O=C(O)CNC(=O)c1ccc(C(=O)NS(=O)(=O)c2ccc(C(=O)NCCCCc3ccccc3)cc2)cn1. The van der Waals surface area contributed by atoms with E-state index in [1.807, 2.05) is 22.9 Å². The number of aryl methyl sites for hydroxylation is 1. The average molecular weight is 539 g/mol. The Bertz CT molecular complexity index is 1390. The van der Waals surface area contributed by atoms with Crippen LogP contribution in [0.5, 0.6) is 0 Å². The van der Waals surface area contributed by atoms with Gasteiger partial charge in [0.2, 0.25) is 0 Å². The van der Waals surface area contributed by atoms with E-state index in [-0.39, 0.29) is 27.6 Å². The minimum absolute atomic E-state index is 0.133. The molecule has 3 rings (SSSR count). The zero-order valence-electron chi connectivity index (χ0n) is 20.2. The number of carboxylic acid groups (broad SMARTS) is 1. The molecule has 38 heavy (non-hydrogen) atoms. The Labute approximate surface area is 219 Å². The van der Waals surface area contributed by atoms with Gasteiger partial charge < -0.3 is 15.7 Å². The van der Waals surface area contributed by atoms with Gasteiger partial charge in [-0.15, -0.1) is 0 Å². The van der Waals surface area contributed by atoms with Gasteiger partial charge in [0.15, 0.2) is 0 Å². The summed E-state index contributed by atoms with van der Waals surface area (Å²) in [6, 6.07) is 17.5. The molecule has 0 saturated heterocycles. The van der Waals surface area contributed by atoms with Gasteiger partial charge in [0.05, 0.1) is 10.5 Å². The molecule has 2 aromatic carbocycles. The Kier molecular flexibility index (Phi) is 9.66. The highest BCUT2D eigenvalue weighted by atomic mass is 32.2. The number of hydrogen-bond donors (Lipinski definition) is 4. The van der Waals surface area contributed by atoms with Gasteiger partial charge in [-0.25, -0.2) is 13.1 Å². The normalized spacial score (nSPS) is 10.8. The van der Waals surface area contributed by atoms with Gasteiger partial charge in [-0.1, -0.05) is 30.3 Å². The maximum Gasteiger partial charge on any atom is 0.322 e. The van der Waals surface area contributed by atoms with E-state index >= 15 is 0 Å². The molecule has 0 fully saturated rings. The van der Waals surface area contributed by atoms with E-state index in [0.29, 0.717) is 6.54 Å². The Morgan fingerprint density at radius 1 is 0.763 bits per heavy atom. The molecule has 12 heteroatoms. The maximum atomic E-state index is 12.6. The van der Waals surface area contributed by atoms with Crippen molar-refractivity contribution in [2.75, 3.05) is 13.1 Å². The number of carbonyl (C=O) groups is 4. The van der Waals surface area contributed by atoms with Crippen molar-refractivity contribution in [3.05, 3.63) is 95.3 Å². The van der Waals surface area contributed by atoms with Crippen LogP contribution in [-0.4, -0.2) is 55.3 Å². The van der Waals surface area contributed by atoms with Crippen LogP contribution in [0.3, 0.4) is 0 Å². The third-order valence-electron chi connectivity index (χ3n) is 5.33. The summed E-state index contributed by atoms with van der Waals surface area (Å²) in [6.07, 6.45) is 3.62. The van der Waals surface area contributed by atoms with Crippen LogP contribution < -0.4 is 15.4 Å². The molecule has 4 N–H and O–H groups in total. The Morgan fingerprint density at radius 2 is 1.45 bits per heavy atom. The molecule has 0 radical (unpaired) electrons. The van der Waals surface area contributed by atoms with Crippen molar-refractivity contribution in [3.8, 4) is 0 Å². The molecule has 0 atom stereocenters. The molecule has 3 amide bonds. The van der Waals surface area contributed by atoms with E-state index in [1.54, 1.807) is 0 Å². The number of aromatic nitrogens is 1. The van der Waals surface area contributed by atoms with Crippen LogP contribution in [0.2, 0.25) is 0 Å². The summed E-state index contributed by atoms with van der Waals surface area (Å²) in [5, 5.41) is 13.5. The monoisotopic (exact) mass is 538 g/mol. The van der Waals surface area contributed by atoms with Crippen LogP contribution in [0.1, 0.15) is 49.6 Å².